The molecule has 1 saturated heterocycles. The number of nitrogens with zero attached hydrogens (tertiary/aromatic N) is 1. The SMILES string of the molecule is CC/C=C\C/C=C\C/C=C\C/C=C\C/C=C\C/C=C\CCC(=O)NCC(CNC(=O)/C=C/C(=O)OC)N1CCNCC1. The van der Waals surface area contributed by atoms with Gasteiger partial charge in [0.25, 0.3) is 0 Å². The molecule has 3 N–H and O–H groups in total. The molecule has 8 nitrogen and oxygen atoms in total. The standard InChI is InChI=1S/C34H52N4O4/c1-3-4-5-6-7-8-9-10-11-12-13-14-15-16-17-18-19-20-21-22-32(39)36-29-31(38-27-25-35-26-28-38)30-37-33(40)23-24-34(41)42-2/h4-5,7-8,10-11,13-14,16-17,19-20,23-24,31,35H,3,6,9,12,15,18,21-22,25-30H2,1-2H3,(H,36,39)(H,37,40)/b5-4-,8-7-,11-10-,14-13-,17-16-,20-19-,24-23+. The molecule has 0 aromatic carbocycles. The van der Waals surface area contributed by atoms with Gasteiger partial charge >= 0.3 is 5.97 Å². The van der Waals surface area contributed by atoms with E-state index in [2.05, 4.69) is 99.3 Å². The summed E-state index contributed by atoms with van der Waals surface area (Å²) in [4.78, 5) is 37.9. The van der Waals surface area contributed by atoms with Crippen LogP contribution in [0.25, 0.3) is 0 Å². The number of esters is 1. The highest BCUT2D eigenvalue weighted by molar-refractivity contribution is 5.94. The zero-order valence-electron chi connectivity index (χ0n) is 25.6. The molecule has 2 amide bonds. The van der Waals surface area contributed by atoms with Crippen LogP contribution in [0.15, 0.2) is 85.1 Å². The quantitative estimate of drug-likeness (QED) is 0.103. The smallest absolute Gasteiger partial charge is 0.330 e. The van der Waals surface area contributed by atoms with E-state index >= 15 is 0 Å². The molecule has 1 fully saturated rings. The lowest BCUT2D eigenvalue weighted by molar-refractivity contribution is -0.135. The van der Waals surface area contributed by atoms with Gasteiger partial charge in [0.2, 0.25) is 11.8 Å². The fraction of sp³-hybridized carbons (Fsp3) is 0.500. The topological polar surface area (TPSA) is 99.8 Å². The number of rotatable bonds is 21. The van der Waals surface area contributed by atoms with Crippen molar-refractivity contribution >= 4 is 17.8 Å². The second kappa shape index (κ2) is 26.4. The van der Waals surface area contributed by atoms with Gasteiger partial charge in [0.1, 0.15) is 0 Å². The average molecular weight is 581 g/mol. The molecule has 0 spiro atoms. The number of hydrogen-bond donors (Lipinski definition) is 3. The van der Waals surface area contributed by atoms with Crippen molar-refractivity contribution in [2.75, 3.05) is 46.4 Å². The van der Waals surface area contributed by atoms with Crippen LogP contribution in [0.4, 0.5) is 0 Å². The average Bonchev–Trinajstić information content (AvgIpc) is 3.01. The third-order valence-electron chi connectivity index (χ3n) is 6.42. The van der Waals surface area contributed by atoms with E-state index in [1.54, 1.807) is 0 Å². The number of methoxy groups -OCH3 is 1. The van der Waals surface area contributed by atoms with Gasteiger partial charge in [-0.3, -0.25) is 14.5 Å². The van der Waals surface area contributed by atoms with E-state index in [1.807, 2.05) is 6.08 Å². The molecule has 1 unspecified atom stereocenters. The van der Waals surface area contributed by atoms with Crippen LogP contribution in [0.3, 0.4) is 0 Å². The van der Waals surface area contributed by atoms with Gasteiger partial charge in [-0.2, -0.15) is 0 Å². The minimum absolute atomic E-state index is 0.00780. The van der Waals surface area contributed by atoms with Crippen molar-refractivity contribution in [2.45, 2.75) is 64.3 Å². The van der Waals surface area contributed by atoms with Crippen molar-refractivity contribution in [1.82, 2.24) is 20.9 Å². The van der Waals surface area contributed by atoms with Crippen molar-refractivity contribution < 1.29 is 19.1 Å². The maximum absolute atomic E-state index is 12.4. The molecule has 0 aromatic heterocycles. The number of allylic oxidation sites excluding steroid dienone is 12. The Kier molecular flexibility index (Phi) is 23.0. The number of piperazine rings is 1. The summed E-state index contributed by atoms with van der Waals surface area (Å²) in [5.74, 6) is -0.959. The van der Waals surface area contributed by atoms with Crippen molar-refractivity contribution in [1.29, 1.82) is 0 Å². The summed E-state index contributed by atoms with van der Waals surface area (Å²) in [5, 5.41) is 9.14. The van der Waals surface area contributed by atoms with E-state index in [0.29, 0.717) is 25.9 Å². The molecule has 1 aliphatic heterocycles. The van der Waals surface area contributed by atoms with Gasteiger partial charge in [0, 0.05) is 63.9 Å². The van der Waals surface area contributed by atoms with Crippen molar-refractivity contribution in [3.05, 3.63) is 85.1 Å². The third-order valence-corrected chi connectivity index (χ3v) is 6.42. The predicted octanol–water partition coefficient (Wildman–Crippen LogP) is 4.70. The fourth-order valence-corrected chi connectivity index (χ4v) is 4.04. The monoisotopic (exact) mass is 580 g/mol. The first-order valence-electron chi connectivity index (χ1n) is 15.2. The first-order valence-corrected chi connectivity index (χ1v) is 15.2. The Morgan fingerprint density at radius 3 is 1.76 bits per heavy atom. The molecule has 1 atom stereocenters. The summed E-state index contributed by atoms with van der Waals surface area (Å²) in [7, 11) is 1.26. The first-order chi connectivity index (χ1) is 20.6. The molecule has 232 valence electrons. The number of carbonyl (C=O) groups excluding carboxylic acids is 3. The highest BCUT2D eigenvalue weighted by atomic mass is 16.5. The lowest BCUT2D eigenvalue weighted by Crippen LogP contribution is -2.55. The van der Waals surface area contributed by atoms with E-state index < -0.39 is 5.97 Å². The zero-order chi connectivity index (χ0) is 30.5. The van der Waals surface area contributed by atoms with Crippen LogP contribution >= 0.6 is 0 Å². The molecule has 0 radical (unpaired) electrons. The van der Waals surface area contributed by atoms with Crippen LogP contribution in [0, 0.1) is 0 Å². The van der Waals surface area contributed by atoms with Gasteiger partial charge in [0.15, 0.2) is 0 Å². The predicted molar refractivity (Wildman–Crippen MR) is 173 cm³/mol. The summed E-state index contributed by atoms with van der Waals surface area (Å²) in [6.07, 6.45) is 35.2. The molecule has 1 heterocycles. The Morgan fingerprint density at radius 2 is 1.24 bits per heavy atom. The summed E-state index contributed by atoms with van der Waals surface area (Å²) < 4.78 is 4.50. The maximum Gasteiger partial charge on any atom is 0.330 e. The van der Waals surface area contributed by atoms with Crippen LogP contribution in [0.5, 0.6) is 0 Å². The normalized spacial score (nSPS) is 15.8. The molecule has 0 aromatic rings. The van der Waals surface area contributed by atoms with Gasteiger partial charge in [-0.15, -0.1) is 0 Å². The molecule has 42 heavy (non-hydrogen) atoms. The summed E-state index contributed by atoms with van der Waals surface area (Å²) in [6, 6.07) is -0.0302. The maximum atomic E-state index is 12.4. The minimum atomic E-state index is -0.581. The summed E-state index contributed by atoms with van der Waals surface area (Å²) in [5.41, 5.74) is 0. The largest absolute Gasteiger partial charge is 0.466 e. The molecule has 1 rings (SSSR count). The van der Waals surface area contributed by atoms with Crippen LogP contribution < -0.4 is 16.0 Å². The Balaban J connectivity index is 2.21. The number of ether oxygens (including phenoxy) is 1. The molecule has 0 bridgehead atoms. The Morgan fingerprint density at radius 1 is 0.738 bits per heavy atom. The molecule has 0 aliphatic carbocycles. The number of nitrogens with one attached hydrogen (secondary N) is 3. The second-order valence-electron chi connectivity index (χ2n) is 9.80. The first kappa shape index (κ1) is 36.5. The van der Waals surface area contributed by atoms with Crippen LogP contribution in [-0.4, -0.2) is 75.1 Å². The van der Waals surface area contributed by atoms with E-state index in [-0.39, 0.29) is 17.9 Å². The molecular weight excluding hydrogens is 528 g/mol. The Labute approximate surface area is 253 Å². The molecule has 8 heteroatoms. The number of amides is 2. The molecule has 1 aliphatic rings. The zero-order valence-corrected chi connectivity index (χ0v) is 25.6. The van der Waals surface area contributed by atoms with Gasteiger partial charge < -0.3 is 20.7 Å². The van der Waals surface area contributed by atoms with Crippen molar-refractivity contribution in [3.8, 4) is 0 Å². The van der Waals surface area contributed by atoms with Gasteiger partial charge in [-0.25, -0.2) is 4.79 Å². The van der Waals surface area contributed by atoms with Crippen molar-refractivity contribution in [3.63, 3.8) is 0 Å². The fourth-order valence-electron chi connectivity index (χ4n) is 4.04. The number of carbonyl (C=O) groups is 3. The lowest BCUT2D eigenvalue weighted by Gasteiger charge is -2.35. The van der Waals surface area contributed by atoms with Gasteiger partial charge in [-0.1, -0.05) is 79.8 Å². The second-order valence-corrected chi connectivity index (χ2v) is 9.80. The Bertz CT molecular complexity index is 957. The number of hydrogen-bond acceptors (Lipinski definition) is 6. The summed E-state index contributed by atoms with van der Waals surface area (Å²) in [6.45, 7) is 6.38. The van der Waals surface area contributed by atoms with Crippen LogP contribution in [0.2, 0.25) is 0 Å². The van der Waals surface area contributed by atoms with E-state index in [9.17, 15) is 14.4 Å². The van der Waals surface area contributed by atoms with E-state index in [1.165, 1.54) is 7.11 Å². The van der Waals surface area contributed by atoms with Gasteiger partial charge in [0.05, 0.1) is 7.11 Å². The molecule has 0 saturated carbocycles. The summed E-state index contributed by atoms with van der Waals surface area (Å²) >= 11 is 0. The van der Waals surface area contributed by atoms with E-state index in [4.69, 9.17) is 0 Å². The lowest BCUT2D eigenvalue weighted by atomic mass is 10.2. The van der Waals surface area contributed by atoms with E-state index in [0.717, 1.165) is 76.9 Å². The van der Waals surface area contributed by atoms with Crippen molar-refractivity contribution in [2.24, 2.45) is 0 Å². The highest BCUT2D eigenvalue weighted by Gasteiger charge is 2.21. The van der Waals surface area contributed by atoms with Gasteiger partial charge in [-0.05, 0) is 44.9 Å². The Hall–Kier alpha value is -3.49. The third kappa shape index (κ3) is 21.3. The molecular formula is C34H52N4O4. The minimum Gasteiger partial charge on any atom is -0.466 e. The van der Waals surface area contributed by atoms with Crippen LogP contribution in [0.1, 0.15) is 58.3 Å². The highest BCUT2D eigenvalue weighted by Crippen LogP contribution is 2.02. The van der Waals surface area contributed by atoms with Crippen LogP contribution in [-0.2, 0) is 19.1 Å².